The second-order valence-corrected chi connectivity index (χ2v) is 8.67. The molecule has 2 saturated heterocycles. The van der Waals surface area contributed by atoms with Gasteiger partial charge in [-0.05, 0) is 56.0 Å². The number of pyridine rings is 1. The highest BCUT2D eigenvalue weighted by atomic mass is 16.2. The minimum absolute atomic E-state index is 0.0257. The van der Waals surface area contributed by atoms with E-state index in [1.54, 1.807) is 11.1 Å². The molecule has 1 N–H and O–H groups in total. The number of amides is 3. The largest absolute Gasteiger partial charge is 0.338 e. The lowest BCUT2D eigenvalue weighted by molar-refractivity contribution is 0.0672. The topological polar surface area (TPSA) is 96.2 Å². The Morgan fingerprint density at radius 3 is 2.91 bits per heavy atom. The summed E-state index contributed by atoms with van der Waals surface area (Å²) in [5.41, 5.74) is 4.13. The number of benzene rings is 1. The maximum atomic E-state index is 13.3. The van der Waals surface area contributed by atoms with Crippen molar-refractivity contribution in [2.24, 2.45) is 0 Å². The third-order valence-corrected chi connectivity index (χ3v) is 6.22. The Morgan fingerprint density at radius 1 is 1.15 bits per heavy atom. The Morgan fingerprint density at radius 2 is 2.06 bits per heavy atom. The van der Waals surface area contributed by atoms with Gasteiger partial charge in [0.25, 0.3) is 5.91 Å². The quantitative estimate of drug-likeness (QED) is 0.666. The number of carbonyl (C=O) groups excluding carboxylic acids is 2. The summed E-state index contributed by atoms with van der Waals surface area (Å²) in [5.74, 6) is -0.0257. The van der Waals surface area contributed by atoms with E-state index in [4.69, 9.17) is 0 Å². The predicted octanol–water partition coefficient (Wildman–Crippen LogP) is 3.05. The van der Waals surface area contributed by atoms with Gasteiger partial charge >= 0.3 is 6.03 Å². The maximum Gasteiger partial charge on any atom is 0.321 e. The molecule has 9 heteroatoms. The van der Waals surface area contributed by atoms with Crippen molar-refractivity contribution in [3.63, 3.8) is 0 Å². The fraction of sp³-hybridized carbons (Fsp3) is 0.375. The Balaban J connectivity index is 1.31. The van der Waals surface area contributed by atoms with Gasteiger partial charge in [0.2, 0.25) is 0 Å². The van der Waals surface area contributed by atoms with Crippen LogP contribution in [0.5, 0.6) is 0 Å². The lowest BCUT2D eigenvalue weighted by atomic mass is 10.0. The van der Waals surface area contributed by atoms with Crippen LogP contribution in [0.1, 0.15) is 41.2 Å². The van der Waals surface area contributed by atoms with Gasteiger partial charge in [0.1, 0.15) is 5.69 Å². The molecule has 0 radical (unpaired) electrons. The monoisotopic (exact) mass is 445 g/mol. The molecule has 9 nitrogen and oxygen atoms in total. The molecule has 33 heavy (non-hydrogen) atoms. The first-order valence-electron chi connectivity index (χ1n) is 11.4. The maximum absolute atomic E-state index is 13.3. The molecule has 1 atom stereocenters. The Kier molecular flexibility index (Phi) is 5.77. The number of nitrogens with zero attached hydrogens (tertiary/aromatic N) is 6. The summed E-state index contributed by atoms with van der Waals surface area (Å²) < 4.78 is 1.87. The first kappa shape index (κ1) is 21.1. The van der Waals surface area contributed by atoms with Crippen LogP contribution in [-0.2, 0) is 0 Å². The third kappa shape index (κ3) is 4.44. The van der Waals surface area contributed by atoms with E-state index >= 15 is 0 Å². The summed E-state index contributed by atoms with van der Waals surface area (Å²) >= 11 is 0. The van der Waals surface area contributed by atoms with Crippen molar-refractivity contribution in [3.05, 3.63) is 60.0 Å². The number of urea groups is 1. The molecule has 2 aliphatic rings. The summed E-state index contributed by atoms with van der Waals surface area (Å²) in [6, 6.07) is 9.33. The van der Waals surface area contributed by atoms with E-state index in [-0.39, 0.29) is 18.0 Å². The van der Waals surface area contributed by atoms with Gasteiger partial charge in [0.05, 0.1) is 12.2 Å². The van der Waals surface area contributed by atoms with Crippen LogP contribution < -0.4 is 10.2 Å². The third-order valence-electron chi connectivity index (χ3n) is 6.22. The highest BCUT2D eigenvalue weighted by Crippen LogP contribution is 2.26. The number of piperidine rings is 1. The number of rotatable bonds is 4. The molecule has 3 aromatic rings. The second-order valence-electron chi connectivity index (χ2n) is 8.67. The molecule has 1 unspecified atom stereocenters. The highest BCUT2D eigenvalue weighted by molar-refractivity contribution is 5.98. The van der Waals surface area contributed by atoms with E-state index in [0.29, 0.717) is 31.7 Å². The predicted molar refractivity (Wildman–Crippen MR) is 124 cm³/mol. The normalized spacial score (nSPS) is 18.8. The van der Waals surface area contributed by atoms with Gasteiger partial charge in [-0.2, -0.15) is 0 Å². The van der Waals surface area contributed by atoms with Crippen molar-refractivity contribution in [2.75, 3.05) is 31.1 Å². The zero-order valence-corrected chi connectivity index (χ0v) is 18.6. The number of hydrogen-bond donors (Lipinski definition) is 1. The van der Waals surface area contributed by atoms with Crippen LogP contribution in [0.3, 0.4) is 0 Å². The molecule has 170 valence electrons. The molecular weight excluding hydrogens is 418 g/mol. The zero-order valence-electron chi connectivity index (χ0n) is 18.6. The molecule has 1 aromatic carbocycles. The number of likely N-dealkylation sites (tertiary alicyclic amines) is 1. The Labute approximate surface area is 192 Å². The average molecular weight is 446 g/mol. The van der Waals surface area contributed by atoms with Gasteiger partial charge in [-0.25, -0.2) is 9.48 Å². The number of carbonyl (C=O) groups is 2. The Hall–Kier alpha value is -3.75. The van der Waals surface area contributed by atoms with Crippen LogP contribution in [0.4, 0.5) is 10.5 Å². The fourth-order valence-electron chi connectivity index (χ4n) is 4.50. The molecule has 0 bridgehead atoms. The van der Waals surface area contributed by atoms with Crippen LogP contribution >= 0.6 is 0 Å². The van der Waals surface area contributed by atoms with Gasteiger partial charge in [-0.1, -0.05) is 11.3 Å². The van der Waals surface area contributed by atoms with E-state index in [0.717, 1.165) is 41.8 Å². The van der Waals surface area contributed by atoms with Crippen LogP contribution in [0.15, 0.2) is 48.9 Å². The van der Waals surface area contributed by atoms with Crippen molar-refractivity contribution in [1.29, 1.82) is 0 Å². The summed E-state index contributed by atoms with van der Waals surface area (Å²) in [7, 11) is 0. The first-order chi connectivity index (χ1) is 16.1. The van der Waals surface area contributed by atoms with Crippen molar-refractivity contribution in [2.45, 2.75) is 32.2 Å². The first-order valence-corrected chi connectivity index (χ1v) is 11.4. The second kappa shape index (κ2) is 9.01. The lowest BCUT2D eigenvalue weighted by Gasteiger charge is -2.33. The highest BCUT2D eigenvalue weighted by Gasteiger charge is 2.27. The summed E-state index contributed by atoms with van der Waals surface area (Å²) in [6.45, 7) is 4.61. The smallest absolute Gasteiger partial charge is 0.321 e. The van der Waals surface area contributed by atoms with Crippen molar-refractivity contribution < 1.29 is 9.59 Å². The minimum Gasteiger partial charge on any atom is -0.338 e. The van der Waals surface area contributed by atoms with Gasteiger partial charge in [-0.15, -0.1) is 5.10 Å². The molecule has 2 aromatic heterocycles. The van der Waals surface area contributed by atoms with E-state index in [1.807, 2.05) is 59.2 Å². The van der Waals surface area contributed by atoms with Crippen LogP contribution in [0.2, 0.25) is 0 Å². The molecule has 2 aliphatic heterocycles. The van der Waals surface area contributed by atoms with Crippen LogP contribution in [0, 0.1) is 6.92 Å². The molecule has 0 aliphatic carbocycles. The van der Waals surface area contributed by atoms with Crippen LogP contribution in [0.25, 0.3) is 11.3 Å². The molecule has 5 rings (SSSR count). The summed E-state index contributed by atoms with van der Waals surface area (Å²) in [5, 5.41) is 11.5. The molecule has 2 fully saturated rings. The SMILES string of the molecule is Cc1cncc(-c2cn(C3CCCN(C(=O)c4cccc(N5CCCNC5=O)c4)C3)nn2)c1. The van der Waals surface area contributed by atoms with Gasteiger partial charge < -0.3 is 10.2 Å². The number of aryl methyl sites for hydroxylation is 1. The molecular formula is C24H27N7O2. The van der Waals surface area contributed by atoms with E-state index in [9.17, 15) is 9.59 Å². The molecule has 3 amide bonds. The Bertz CT molecular complexity index is 1170. The van der Waals surface area contributed by atoms with Crippen molar-refractivity contribution >= 4 is 17.6 Å². The molecule has 4 heterocycles. The minimum atomic E-state index is -0.116. The number of aromatic nitrogens is 4. The summed E-state index contributed by atoms with van der Waals surface area (Å²) in [6.07, 6.45) is 8.25. The standard InChI is InChI=1S/C24H27N7O2/c1-17-11-19(14-25-13-17)22-16-31(28-27-22)21-7-3-9-29(15-21)23(32)18-5-2-6-20(12-18)30-10-4-8-26-24(30)33/h2,5-6,11-14,16,21H,3-4,7-10,15H2,1H3,(H,26,33). The molecule has 0 spiro atoms. The lowest BCUT2D eigenvalue weighted by Crippen LogP contribution is -2.46. The van der Waals surface area contributed by atoms with Gasteiger partial charge in [0.15, 0.2) is 0 Å². The number of anilines is 1. The van der Waals surface area contributed by atoms with Crippen molar-refractivity contribution in [3.8, 4) is 11.3 Å². The van der Waals surface area contributed by atoms with Crippen LogP contribution in [-0.4, -0.2) is 63.0 Å². The summed E-state index contributed by atoms with van der Waals surface area (Å²) in [4.78, 5) is 33.3. The van der Waals surface area contributed by atoms with E-state index < -0.39 is 0 Å². The van der Waals surface area contributed by atoms with E-state index in [1.165, 1.54) is 0 Å². The van der Waals surface area contributed by atoms with Crippen molar-refractivity contribution in [1.82, 2.24) is 30.2 Å². The average Bonchev–Trinajstić information content (AvgIpc) is 3.35. The molecule has 0 saturated carbocycles. The van der Waals surface area contributed by atoms with E-state index in [2.05, 4.69) is 20.6 Å². The number of hydrogen-bond acceptors (Lipinski definition) is 5. The fourth-order valence-corrected chi connectivity index (χ4v) is 4.50. The number of nitrogens with one attached hydrogen (secondary N) is 1. The zero-order chi connectivity index (χ0) is 22.8. The van der Waals surface area contributed by atoms with Gasteiger partial charge in [0, 0.05) is 55.4 Å². The van der Waals surface area contributed by atoms with Gasteiger partial charge in [-0.3, -0.25) is 14.7 Å².